The van der Waals surface area contributed by atoms with Crippen molar-refractivity contribution < 1.29 is 9.90 Å². The molecule has 0 radical (unpaired) electrons. The van der Waals surface area contributed by atoms with Crippen molar-refractivity contribution in [3.63, 3.8) is 0 Å². The normalized spacial score (nSPS) is 19.4. The standard InChI is InChI=1S/C10H13ClN2O2S/c1-6(10(14)15)7-3-13(4-7)5-9-12-2-8(11)16-9/h2,6-7H,3-5H2,1H3,(H,14,15). The van der Waals surface area contributed by atoms with Crippen LogP contribution in [0.25, 0.3) is 0 Å². The summed E-state index contributed by atoms with van der Waals surface area (Å²) in [5.41, 5.74) is 0. The summed E-state index contributed by atoms with van der Waals surface area (Å²) in [6.45, 7) is 4.22. The number of hydrogen-bond acceptors (Lipinski definition) is 4. The first kappa shape index (κ1) is 11.8. The minimum atomic E-state index is -0.707. The zero-order chi connectivity index (χ0) is 11.7. The lowest BCUT2D eigenvalue weighted by Crippen LogP contribution is -2.50. The van der Waals surface area contributed by atoms with Gasteiger partial charge in [-0.15, -0.1) is 11.3 Å². The molecule has 4 nitrogen and oxygen atoms in total. The van der Waals surface area contributed by atoms with Crippen LogP contribution in [0.2, 0.25) is 4.34 Å². The van der Waals surface area contributed by atoms with E-state index in [0.717, 1.165) is 24.6 Å². The Morgan fingerprint density at radius 1 is 1.81 bits per heavy atom. The second kappa shape index (κ2) is 4.69. The molecule has 1 fully saturated rings. The molecule has 1 aromatic heterocycles. The van der Waals surface area contributed by atoms with Crippen LogP contribution in [0.3, 0.4) is 0 Å². The summed E-state index contributed by atoms with van der Waals surface area (Å²) in [5.74, 6) is -0.689. The van der Waals surface area contributed by atoms with Gasteiger partial charge in [0.2, 0.25) is 0 Å². The Morgan fingerprint density at radius 2 is 2.50 bits per heavy atom. The van der Waals surface area contributed by atoms with Crippen LogP contribution in [-0.4, -0.2) is 34.0 Å². The molecule has 1 unspecified atom stereocenters. The van der Waals surface area contributed by atoms with Crippen molar-refractivity contribution in [3.8, 4) is 0 Å². The van der Waals surface area contributed by atoms with Gasteiger partial charge in [-0.05, 0) is 5.92 Å². The smallest absolute Gasteiger partial charge is 0.306 e. The van der Waals surface area contributed by atoms with E-state index >= 15 is 0 Å². The van der Waals surface area contributed by atoms with Crippen molar-refractivity contribution in [2.24, 2.45) is 11.8 Å². The van der Waals surface area contributed by atoms with Crippen LogP contribution in [0.5, 0.6) is 0 Å². The zero-order valence-electron chi connectivity index (χ0n) is 8.89. The zero-order valence-corrected chi connectivity index (χ0v) is 10.5. The summed E-state index contributed by atoms with van der Waals surface area (Å²) in [4.78, 5) is 17.1. The Labute approximate surface area is 103 Å². The molecule has 16 heavy (non-hydrogen) atoms. The Morgan fingerprint density at radius 3 is 3.00 bits per heavy atom. The molecular weight excluding hydrogens is 248 g/mol. The molecule has 1 N–H and O–H groups in total. The van der Waals surface area contributed by atoms with Crippen molar-refractivity contribution in [2.45, 2.75) is 13.5 Å². The van der Waals surface area contributed by atoms with Crippen molar-refractivity contribution in [1.82, 2.24) is 9.88 Å². The van der Waals surface area contributed by atoms with Crippen LogP contribution >= 0.6 is 22.9 Å². The van der Waals surface area contributed by atoms with Crippen molar-refractivity contribution in [2.75, 3.05) is 13.1 Å². The van der Waals surface area contributed by atoms with Gasteiger partial charge in [-0.2, -0.15) is 0 Å². The second-order valence-corrected chi connectivity index (χ2v) is 5.89. The number of aliphatic carboxylic acids is 1. The number of hydrogen-bond donors (Lipinski definition) is 1. The Kier molecular flexibility index (Phi) is 3.47. The van der Waals surface area contributed by atoms with E-state index in [9.17, 15) is 4.79 Å². The first-order valence-electron chi connectivity index (χ1n) is 5.11. The van der Waals surface area contributed by atoms with Crippen LogP contribution < -0.4 is 0 Å². The molecule has 1 aliphatic rings. The predicted octanol–water partition coefficient (Wildman–Crippen LogP) is 1.95. The van der Waals surface area contributed by atoms with Crippen LogP contribution in [0.15, 0.2) is 6.20 Å². The van der Waals surface area contributed by atoms with E-state index in [1.807, 2.05) is 0 Å². The Bertz CT molecular complexity index is 390. The number of likely N-dealkylation sites (tertiary alicyclic amines) is 1. The molecule has 6 heteroatoms. The highest BCUT2D eigenvalue weighted by molar-refractivity contribution is 7.15. The largest absolute Gasteiger partial charge is 0.481 e. The van der Waals surface area contributed by atoms with Crippen LogP contribution in [0, 0.1) is 11.8 Å². The molecule has 1 aromatic rings. The number of aromatic nitrogens is 1. The van der Waals surface area contributed by atoms with Gasteiger partial charge in [-0.1, -0.05) is 18.5 Å². The predicted molar refractivity (Wildman–Crippen MR) is 62.7 cm³/mol. The molecule has 1 atom stereocenters. The SMILES string of the molecule is CC(C(=O)O)C1CN(Cc2ncc(Cl)s2)C1. The van der Waals surface area contributed by atoms with Gasteiger partial charge >= 0.3 is 5.97 Å². The summed E-state index contributed by atoms with van der Waals surface area (Å²) in [5, 5.41) is 9.84. The quantitative estimate of drug-likeness (QED) is 0.899. The van der Waals surface area contributed by atoms with E-state index in [1.165, 1.54) is 11.3 Å². The lowest BCUT2D eigenvalue weighted by Gasteiger charge is -2.40. The Balaban J connectivity index is 1.79. The third-order valence-electron chi connectivity index (χ3n) is 2.97. The molecule has 2 heterocycles. The van der Waals surface area contributed by atoms with E-state index in [-0.39, 0.29) is 11.8 Å². The van der Waals surface area contributed by atoms with Crippen LogP contribution in [0.4, 0.5) is 0 Å². The van der Waals surface area contributed by atoms with Gasteiger partial charge in [-0.3, -0.25) is 9.69 Å². The molecule has 0 saturated carbocycles. The maximum atomic E-state index is 10.8. The average Bonchev–Trinajstić information content (AvgIpc) is 2.56. The number of rotatable bonds is 4. The van der Waals surface area contributed by atoms with E-state index in [0.29, 0.717) is 4.34 Å². The molecule has 1 saturated heterocycles. The lowest BCUT2D eigenvalue weighted by atomic mass is 9.87. The van der Waals surface area contributed by atoms with Gasteiger partial charge < -0.3 is 5.11 Å². The van der Waals surface area contributed by atoms with E-state index in [1.54, 1.807) is 13.1 Å². The topological polar surface area (TPSA) is 53.4 Å². The highest BCUT2D eigenvalue weighted by Gasteiger charge is 2.34. The molecule has 0 amide bonds. The third kappa shape index (κ3) is 2.53. The van der Waals surface area contributed by atoms with Crippen LogP contribution in [0.1, 0.15) is 11.9 Å². The summed E-state index contributed by atoms with van der Waals surface area (Å²) in [6.07, 6.45) is 1.65. The third-order valence-corrected chi connectivity index (χ3v) is 4.07. The number of thiazole rings is 1. The fraction of sp³-hybridized carbons (Fsp3) is 0.600. The number of carboxylic acid groups (broad SMARTS) is 1. The summed E-state index contributed by atoms with van der Waals surface area (Å²) >= 11 is 7.26. The van der Waals surface area contributed by atoms with Crippen LogP contribution in [-0.2, 0) is 11.3 Å². The van der Waals surface area contributed by atoms with Gasteiger partial charge in [0, 0.05) is 13.1 Å². The molecular formula is C10H13ClN2O2S. The van der Waals surface area contributed by atoms with Gasteiger partial charge in [0.05, 0.1) is 18.7 Å². The van der Waals surface area contributed by atoms with Gasteiger partial charge in [0.1, 0.15) is 9.34 Å². The number of carbonyl (C=O) groups is 1. The van der Waals surface area contributed by atoms with E-state index in [2.05, 4.69) is 9.88 Å². The maximum Gasteiger partial charge on any atom is 0.306 e. The van der Waals surface area contributed by atoms with Crippen molar-refractivity contribution in [3.05, 3.63) is 15.5 Å². The number of nitrogens with zero attached hydrogens (tertiary/aromatic N) is 2. The highest BCUT2D eigenvalue weighted by Crippen LogP contribution is 2.27. The molecule has 2 rings (SSSR count). The minimum Gasteiger partial charge on any atom is -0.481 e. The minimum absolute atomic E-state index is 0.254. The second-order valence-electron chi connectivity index (χ2n) is 4.14. The first-order chi connectivity index (χ1) is 7.56. The number of halogens is 1. The summed E-state index contributed by atoms with van der Waals surface area (Å²) < 4.78 is 0.700. The molecule has 88 valence electrons. The molecule has 0 aromatic carbocycles. The van der Waals surface area contributed by atoms with E-state index < -0.39 is 5.97 Å². The fourth-order valence-corrected chi connectivity index (χ4v) is 2.81. The molecule has 1 aliphatic heterocycles. The van der Waals surface area contributed by atoms with Gasteiger partial charge in [0.15, 0.2) is 0 Å². The molecule has 0 bridgehead atoms. The van der Waals surface area contributed by atoms with E-state index in [4.69, 9.17) is 16.7 Å². The summed E-state index contributed by atoms with van der Waals surface area (Å²) in [6, 6.07) is 0. The first-order valence-corrected chi connectivity index (χ1v) is 6.31. The molecule has 0 spiro atoms. The highest BCUT2D eigenvalue weighted by atomic mass is 35.5. The summed E-state index contributed by atoms with van der Waals surface area (Å²) in [7, 11) is 0. The lowest BCUT2D eigenvalue weighted by molar-refractivity contribution is -0.145. The van der Waals surface area contributed by atoms with Gasteiger partial charge in [-0.25, -0.2) is 4.98 Å². The molecule has 0 aliphatic carbocycles. The fourth-order valence-electron chi connectivity index (χ4n) is 1.81. The van der Waals surface area contributed by atoms with Crippen molar-refractivity contribution in [1.29, 1.82) is 0 Å². The number of carboxylic acids is 1. The maximum absolute atomic E-state index is 10.8. The van der Waals surface area contributed by atoms with Crippen molar-refractivity contribution >= 4 is 28.9 Å². The monoisotopic (exact) mass is 260 g/mol. The Hall–Kier alpha value is -0.650. The van der Waals surface area contributed by atoms with Gasteiger partial charge in [0.25, 0.3) is 0 Å². The average molecular weight is 261 g/mol.